The molecule has 1 atom stereocenters. The third-order valence-electron chi connectivity index (χ3n) is 3.24. The van der Waals surface area contributed by atoms with Gasteiger partial charge >= 0.3 is 0 Å². The number of nitrogens with one attached hydrogen (secondary N) is 1. The van der Waals surface area contributed by atoms with Crippen LogP contribution >= 0.6 is 12.2 Å². The van der Waals surface area contributed by atoms with Gasteiger partial charge in [-0.05, 0) is 30.9 Å². The summed E-state index contributed by atoms with van der Waals surface area (Å²) in [5.74, 6) is -1.44. The highest BCUT2D eigenvalue weighted by atomic mass is 32.1. The summed E-state index contributed by atoms with van der Waals surface area (Å²) in [5.41, 5.74) is 5.38. The van der Waals surface area contributed by atoms with Crippen molar-refractivity contribution in [3.05, 3.63) is 29.3 Å². The van der Waals surface area contributed by atoms with Crippen LogP contribution in [0.3, 0.4) is 0 Å². The van der Waals surface area contributed by atoms with Gasteiger partial charge in [-0.15, -0.1) is 0 Å². The summed E-state index contributed by atoms with van der Waals surface area (Å²) in [6.07, 6.45) is 1.90. The van der Waals surface area contributed by atoms with Crippen LogP contribution in [0.4, 0.5) is 14.5 Å². The molecule has 3 N–H and O–H groups in total. The Morgan fingerprint density at radius 1 is 1.42 bits per heavy atom. The summed E-state index contributed by atoms with van der Waals surface area (Å²) in [6.45, 7) is 2.12. The van der Waals surface area contributed by atoms with E-state index >= 15 is 0 Å². The minimum Gasteiger partial charge on any atom is -0.389 e. The Balaban J connectivity index is 1.96. The highest BCUT2D eigenvalue weighted by molar-refractivity contribution is 7.80. The fraction of sp³-hybridized carbons (Fsp3) is 0.462. The second-order valence-corrected chi connectivity index (χ2v) is 5.04. The molecule has 19 heavy (non-hydrogen) atoms. The zero-order valence-electron chi connectivity index (χ0n) is 10.4. The standard InChI is InChI=1S/C13H16F2N2OS/c14-11-9(13(16)19)1-2-10(12(11)15)17-5-3-8-4-6-18-7-8/h1-2,8,17H,3-7H2,(H2,16,19). The van der Waals surface area contributed by atoms with E-state index in [2.05, 4.69) is 17.5 Å². The number of hydrogen-bond donors (Lipinski definition) is 2. The molecule has 1 aromatic rings. The number of thiocarbonyl (C=S) groups is 1. The maximum Gasteiger partial charge on any atom is 0.182 e. The van der Waals surface area contributed by atoms with Crippen molar-refractivity contribution in [3.8, 4) is 0 Å². The van der Waals surface area contributed by atoms with Gasteiger partial charge in [-0.25, -0.2) is 8.78 Å². The zero-order valence-corrected chi connectivity index (χ0v) is 11.2. The fourth-order valence-corrected chi connectivity index (χ4v) is 2.26. The maximum atomic E-state index is 13.7. The summed E-state index contributed by atoms with van der Waals surface area (Å²) in [4.78, 5) is -0.147. The largest absolute Gasteiger partial charge is 0.389 e. The number of ether oxygens (including phenoxy) is 1. The van der Waals surface area contributed by atoms with E-state index in [1.54, 1.807) is 0 Å². The molecule has 0 spiro atoms. The molecule has 0 aliphatic carbocycles. The Labute approximate surface area is 116 Å². The molecule has 104 valence electrons. The molecule has 1 fully saturated rings. The van der Waals surface area contributed by atoms with E-state index in [-0.39, 0.29) is 16.2 Å². The number of nitrogens with two attached hydrogens (primary N) is 1. The molecular formula is C13H16F2N2OS. The fourth-order valence-electron chi connectivity index (χ4n) is 2.10. The molecule has 0 radical (unpaired) electrons. The number of halogens is 2. The predicted molar refractivity (Wildman–Crippen MR) is 74.3 cm³/mol. The van der Waals surface area contributed by atoms with Crippen LogP contribution in [0.15, 0.2) is 12.1 Å². The van der Waals surface area contributed by atoms with Gasteiger partial charge in [-0.3, -0.25) is 0 Å². The number of rotatable bonds is 5. The summed E-state index contributed by atoms with van der Waals surface area (Å²) in [6, 6.07) is 2.85. The summed E-state index contributed by atoms with van der Waals surface area (Å²) < 4.78 is 32.6. The van der Waals surface area contributed by atoms with E-state index in [9.17, 15) is 8.78 Å². The third-order valence-corrected chi connectivity index (χ3v) is 3.46. The molecule has 1 heterocycles. The van der Waals surface area contributed by atoms with E-state index < -0.39 is 11.6 Å². The molecule has 3 nitrogen and oxygen atoms in total. The van der Waals surface area contributed by atoms with Gasteiger partial charge in [0.05, 0.1) is 5.69 Å². The summed E-state index contributed by atoms with van der Waals surface area (Å²) in [5, 5.41) is 2.89. The van der Waals surface area contributed by atoms with Gasteiger partial charge in [0.15, 0.2) is 11.6 Å². The normalized spacial score (nSPS) is 18.5. The minimum absolute atomic E-state index is 0.0674. The third kappa shape index (κ3) is 3.39. The van der Waals surface area contributed by atoms with E-state index in [0.29, 0.717) is 12.5 Å². The van der Waals surface area contributed by atoms with Crippen molar-refractivity contribution in [1.29, 1.82) is 0 Å². The van der Waals surface area contributed by atoms with Gasteiger partial charge in [-0.2, -0.15) is 0 Å². The van der Waals surface area contributed by atoms with Crippen LogP contribution in [-0.2, 0) is 4.74 Å². The predicted octanol–water partition coefficient (Wildman–Crippen LogP) is 2.44. The number of benzene rings is 1. The van der Waals surface area contributed by atoms with Crippen LogP contribution in [0, 0.1) is 17.6 Å². The van der Waals surface area contributed by atoms with Crippen molar-refractivity contribution in [2.75, 3.05) is 25.1 Å². The molecule has 2 rings (SSSR count). The lowest BCUT2D eigenvalue weighted by atomic mass is 10.1. The minimum atomic E-state index is -0.998. The Bertz CT molecular complexity index is 476. The van der Waals surface area contributed by atoms with Crippen LogP contribution in [0.5, 0.6) is 0 Å². The van der Waals surface area contributed by atoms with Crippen LogP contribution in [-0.4, -0.2) is 24.7 Å². The average molecular weight is 286 g/mol. The molecule has 6 heteroatoms. The molecule has 0 aromatic heterocycles. The zero-order chi connectivity index (χ0) is 13.8. The van der Waals surface area contributed by atoms with Gasteiger partial charge in [0.2, 0.25) is 0 Å². The quantitative estimate of drug-likeness (QED) is 0.816. The lowest BCUT2D eigenvalue weighted by Gasteiger charge is -2.12. The van der Waals surface area contributed by atoms with Crippen molar-refractivity contribution in [2.24, 2.45) is 11.7 Å². The molecule has 0 bridgehead atoms. The highest BCUT2D eigenvalue weighted by Gasteiger charge is 2.17. The van der Waals surface area contributed by atoms with E-state index in [1.165, 1.54) is 12.1 Å². The van der Waals surface area contributed by atoms with Gasteiger partial charge in [-0.1, -0.05) is 12.2 Å². The van der Waals surface area contributed by atoms with Gasteiger partial charge < -0.3 is 15.8 Å². The first kappa shape index (κ1) is 14.1. The smallest absolute Gasteiger partial charge is 0.182 e. The van der Waals surface area contributed by atoms with E-state index in [1.807, 2.05) is 0 Å². The molecule has 0 amide bonds. The van der Waals surface area contributed by atoms with Crippen molar-refractivity contribution >= 4 is 22.9 Å². The summed E-state index contributed by atoms with van der Waals surface area (Å²) >= 11 is 4.65. The second-order valence-electron chi connectivity index (χ2n) is 4.60. The maximum absolute atomic E-state index is 13.7. The molecule has 1 saturated heterocycles. The highest BCUT2D eigenvalue weighted by Crippen LogP contribution is 2.22. The molecule has 1 aliphatic rings. The van der Waals surface area contributed by atoms with Crippen LogP contribution < -0.4 is 11.1 Å². The topological polar surface area (TPSA) is 47.3 Å². The Hall–Kier alpha value is -1.27. The molecular weight excluding hydrogens is 270 g/mol. The lowest BCUT2D eigenvalue weighted by molar-refractivity contribution is 0.185. The average Bonchev–Trinajstić information content (AvgIpc) is 2.87. The Morgan fingerprint density at radius 3 is 2.84 bits per heavy atom. The molecule has 1 aromatic carbocycles. The van der Waals surface area contributed by atoms with Crippen molar-refractivity contribution in [1.82, 2.24) is 0 Å². The van der Waals surface area contributed by atoms with Crippen molar-refractivity contribution < 1.29 is 13.5 Å². The lowest BCUT2D eigenvalue weighted by Crippen LogP contribution is -2.15. The van der Waals surface area contributed by atoms with Gasteiger partial charge in [0.25, 0.3) is 0 Å². The molecule has 1 aliphatic heterocycles. The number of hydrogen-bond acceptors (Lipinski definition) is 3. The Morgan fingerprint density at radius 2 is 2.21 bits per heavy atom. The van der Waals surface area contributed by atoms with Crippen molar-refractivity contribution in [2.45, 2.75) is 12.8 Å². The molecule has 0 saturated carbocycles. The monoisotopic (exact) mass is 286 g/mol. The Kier molecular flexibility index (Phi) is 4.66. The van der Waals surface area contributed by atoms with E-state index in [4.69, 9.17) is 10.5 Å². The first-order valence-corrected chi connectivity index (χ1v) is 6.60. The molecule has 1 unspecified atom stereocenters. The van der Waals surface area contributed by atoms with Gasteiger partial charge in [0.1, 0.15) is 4.99 Å². The van der Waals surface area contributed by atoms with Crippen LogP contribution in [0.25, 0.3) is 0 Å². The van der Waals surface area contributed by atoms with Crippen LogP contribution in [0.2, 0.25) is 0 Å². The van der Waals surface area contributed by atoms with Crippen molar-refractivity contribution in [3.63, 3.8) is 0 Å². The SMILES string of the molecule is NC(=S)c1ccc(NCCC2CCOC2)c(F)c1F. The first-order valence-electron chi connectivity index (χ1n) is 6.19. The summed E-state index contributed by atoms with van der Waals surface area (Å²) in [7, 11) is 0. The van der Waals surface area contributed by atoms with Gasteiger partial charge in [0, 0.05) is 25.3 Å². The van der Waals surface area contributed by atoms with E-state index in [0.717, 1.165) is 26.1 Å². The van der Waals surface area contributed by atoms with Crippen LogP contribution in [0.1, 0.15) is 18.4 Å². The first-order chi connectivity index (χ1) is 9.09. The second kappa shape index (κ2) is 6.25. The number of anilines is 1.